The number of rotatable bonds is 4. The molecule has 0 aliphatic heterocycles. The van der Waals surface area contributed by atoms with E-state index in [1.165, 1.54) is 30.5 Å². The van der Waals surface area contributed by atoms with Gasteiger partial charge in [0.2, 0.25) is 0 Å². The fourth-order valence-electron chi connectivity index (χ4n) is 1.86. The maximum Gasteiger partial charge on any atom is 0.276 e. The summed E-state index contributed by atoms with van der Waals surface area (Å²) < 4.78 is 5.20. The fraction of sp³-hybridized carbons (Fsp3) is 0. The van der Waals surface area contributed by atoms with Crippen LogP contribution in [0.2, 0.25) is 0 Å². The molecule has 0 aliphatic rings. The van der Waals surface area contributed by atoms with Gasteiger partial charge in [-0.15, -0.1) is 0 Å². The van der Waals surface area contributed by atoms with Crippen molar-refractivity contribution in [3.63, 3.8) is 0 Å². The largest absolute Gasteiger partial charge is 0.463 e. The Morgan fingerprint density at radius 1 is 1.27 bits per heavy atom. The minimum absolute atomic E-state index is 0.0436. The Bertz CT molecular complexity index is 806. The second-order valence-electron chi connectivity index (χ2n) is 4.40. The molecule has 0 spiro atoms. The summed E-state index contributed by atoms with van der Waals surface area (Å²) >= 11 is 0. The lowest BCUT2D eigenvalue weighted by Gasteiger charge is -2.02. The van der Waals surface area contributed by atoms with Gasteiger partial charge in [-0.1, -0.05) is 0 Å². The van der Waals surface area contributed by atoms with Crippen molar-refractivity contribution in [2.75, 3.05) is 5.32 Å². The van der Waals surface area contributed by atoms with Gasteiger partial charge in [-0.25, -0.2) is 0 Å². The summed E-state index contributed by atoms with van der Waals surface area (Å²) in [5, 5.41) is 19.8. The predicted molar refractivity (Wildman–Crippen MR) is 77.3 cm³/mol. The van der Waals surface area contributed by atoms with Crippen LogP contribution >= 0.6 is 0 Å². The molecule has 0 radical (unpaired) electrons. The Morgan fingerprint density at radius 2 is 2.05 bits per heavy atom. The zero-order valence-corrected chi connectivity index (χ0v) is 11.1. The summed E-state index contributed by atoms with van der Waals surface area (Å²) in [5.41, 5.74) is 1.17. The van der Waals surface area contributed by atoms with Crippen LogP contribution in [-0.4, -0.2) is 21.0 Å². The van der Waals surface area contributed by atoms with Crippen LogP contribution in [0.5, 0.6) is 0 Å². The van der Waals surface area contributed by atoms with Crippen molar-refractivity contribution in [2.24, 2.45) is 0 Å². The number of nitro benzene ring substituents is 1. The first-order valence-corrected chi connectivity index (χ1v) is 6.28. The second kappa shape index (κ2) is 5.52. The van der Waals surface area contributed by atoms with Crippen LogP contribution in [0, 0.1) is 10.1 Å². The first-order valence-electron chi connectivity index (χ1n) is 6.28. The average molecular weight is 298 g/mol. The summed E-state index contributed by atoms with van der Waals surface area (Å²) in [4.78, 5) is 22.1. The van der Waals surface area contributed by atoms with E-state index < -0.39 is 10.8 Å². The van der Waals surface area contributed by atoms with E-state index in [1.807, 2.05) is 0 Å². The van der Waals surface area contributed by atoms with Crippen molar-refractivity contribution in [1.82, 2.24) is 10.2 Å². The molecule has 3 rings (SSSR count). The van der Waals surface area contributed by atoms with E-state index in [1.54, 1.807) is 18.2 Å². The third-order valence-electron chi connectivity index (χ3n) is 2.93. The Labute approximate surface area is 123 Å². The van der Waals surface area contributed by atoms with Crippen molar-refractivity contribution in [3.8, 4) is 11.5 Å². The molecule has 0 aliphatic carbocycles. The molecule has 110 valence electrons. The molecule has 0 fully saturated rings. The number of aromatic nitrogens is 2. The summed E-state index contributed by atoms with van der Waals surface area (Å²) in [6, 6.07) is 10.6. The minimum atomic E-state index is -0.505. The Balaban J connectivity index is 1.73. The van der Waals surface area contributed by atoms with E-state index in [4.69, 9.17) is 4.42 Å². The van der Waals surface area contributed by atoms with Gasteiger partial charge in [-0.2, -0.15) is 5.10 Å². The number of furan rings is 1. The van der Waals surface area contributed by atoms with Crippen molar-refractivity contribution in [2.45, 2.75) is 0 Å². The minimum Gasteiger partial charge on any atom is -0.463 e. The number of nitrogens with one attached hydrogen (secondary N) is 2. The number of amides is 1. The Morgan fingerprint density at radius 3 is 2.68 bits per heavy atom. The summed E-state index contributed by atoms with van der Waals surface area (Å²) in [6.45, 7) is 0. The number of nitrogens with zero attached hydrogens (tertiary/aromatic N) is 2. The zero-order valence-electron chi connectivity index (χ0n) is 11.1. The van der Waals surface area contributed by atoms with Crippen LogP contribution in [0.1, 0.15) is 10.5 Å². The molecule has 0 saturated heterocycles. The number of H-pyrrole nitrogens is 1. The van der Waals surface area contributed by atoms with Gasteiger partial charge in [-0.05, 0) is 24.3 Å². The Kier molecular flexibility index (Phi) is 3.40. The van der Waals surface area contributed by atoms with Crippen molar-refractivity contribution in [3.05, 3.63) is 64.5 Å². The van der Waals surface area contributed by atoms with E-state index in [9.17, 15) is 14.9 Å². The van der Waals surface area contributed by atoms with Crippen LogP contribution in [0.25, 0.3) is 11.5 Å². The highest BCUT2D eigenvalue weighted by molar-refractivity contribution is 6.03. The highest BCUT2D eigenvalue weighted by Crippen LogP contribution is 2.19. The van der Waals surface area contributed by atoms with E-state index in [-0.39, 0.29) is 11.4 Å². The third-order valence-corrected chi connectivity index (χ3v) is 2.93. The van der Waals surface area contributed by atoms with E-state index in [0.717, 1.165) is 0 Å². The second-order valence-corrected chi connectivity index (χ2v) is 4.40. The zero-order chi connectivity index (χ0) is 15.5. The molecule has 1 aromatic carbocycles. The molecule has 22 heavy (non-hydrogen) atoms. The summed E-state index contributed by atoms with van der Waals surface area (Å²) in [5.74, 6) is 0.143. The normalized spacial score (nSPS) is 10.4. The molecule has 0 bridgehead atoms. The molecule has 8 nitrogen and oxygen atoms in total. The number of benzene rings is 1. The molecular weight excluding hydrogens is 288 g/mol. The number of aromatic amines is 1. The lowest BCUT2D eigenvalue weighted by molar-refractivity contribution is -0.384. The van der Waals surface area contributed by atoms with Crippen LogP contribution < -0.4 is 5.32 Å². The molecule has 0 atom stereocenters. The molecule has 1 amide bonds. The number of nitro groups is 1. The monoisotopic (exact) mass is 298 g/mol. The number of anilines is 1. The third kappa shape index (κ3) is 2.70. The molecule has 0 unspecified atom stereocenters. The average Bonchev–Trinajstić information content (AvgIpc) is 3.19. The SMILES string of the molecule is O=C(Nc1ccc([N+](=O)[O-])cc1)c1cc(-c2ccco2)[nH]n1. The summed E-state index contributed by atoms with van der Waals surface area (Å²) in [7, 11) is 0. The lowest BCUT2D eigenvalue weighted by Crippen LogP contribution is -2.12. The molecule has 2 aromatic heterocycles. The van der Waals surface area contributed by atoms with Crippen LogP contribution in [0.3, 0.4) is 0 Å². The topological polar surface area (TPSA) is 114 Å². The van der Waals surface area contributed by atoms with Crippen molar-refractivity contribution < 1.29 is 14.1 Å². The number of carbonyl (C=O) groups is 1. The van der Waals surface area contributed by atoms with Gasteiger partial charge in [0, 0.05) is 23.9 Å². The number of non-ortho nitro benzene ring substituents is 1. The lowest BCUT2D eigenvalue weighted by atomic mass is 10.2. The molecule has 8 heteroatoms. The fourth-order valence-corrected chi connectivity index (χ4v) is 1.86. The number of hydrogen-bond acceptors (Lipinski definition) is 5. The van der Waals surface area contributed by atoms with Gasteiger partial charge in [0.05, 0.1) is 11.2 Å². The van der Waals surface area contributed by atoms with Gasteiger partial charge in [0.15, 0.2) is 11.5 Å². The Hall–Kier alpha value is -3.42. The predicted octanol–water partition coefficient (Wildman–Crippen LogP) is 2.83. The maximum absolute atomic E-state index is 12.1. The van der Waals surface area contributed by atoms with E-state index in [0.29, 0.717) is 17.1 Å². The smallest absolute Gasteiger partial charge is 0.276 e. The number of carbonyl (C=O) groups excluding carboxylic acids is 1. The van der Waals surface area contributed by atoms with Crippen molar-refractivity contribution >= 4 is 17.3 Å². The quantitative estimate of drug-likeness (QED) is 0.567. The van der Waals surface area contributed by atoms with E-state index >= 15 is 0 Å². The van der Waals surface area contributed by atoms with Crippen LogP contribution in [-0.2, 0) is 0 Å². The van der Waals surface area contributed by atoms with E-state index in [2.05, 4.69) is 15.5 Å². The van der Waals surface area contributed by atoms with Gasteiger partial charge in [0.1, 0.15) is 5.69 Å². The standard InChI is InChI=1S/C14H10N4O4/c19-14(15-9-3-5-10(6-4-9)18(20)21)12-8-11(16-17-12)13-2-1-7-22-13/h1-8H,(H,15,19)(H,16,17). The number of hydrogen-bond donors (Lipinski definition) is 2. The van der Waals surface area contributed by atoms with Crippen molar-refractivity contribution in [1.29, 1.82) is 0 Å². The highest BCUT2D eigenvalue weighted by atomic mass is 16.6. The highest BCUT2D eigenvalue weighted by Gasteiger charge is 2.13. The molecule has 2 heterocycles. The van der Waals surface area contributed by atoms with Crippen LogP contribution in [0.4, 0.5) is 11.4 Å². The van der Waals surface area contributed by atoms with Crippen LogP contribution in [0.15, 0.2) is 53.1 Å². The molecule has 0 saturated carbocycles. The first kappa shape index (κ1) is 13.6. The first-order chi connectivity index (χ1) is 10.6. The van der Waals surface area contributed by atoms with Gasteiger partial charge in [-0.3, -0.25) is 20.0 Å². The molecular formula is C14H10N4O4. The summed E-state index contributed by atoms with van der Waals surface area (Å²) in [6.07, 6.45) is 1.52. The maximum atomic E-state index is 12.1. The molecule has 3 aromatic rings. The van der Waals surface area contributed by atoms with Gasteiger partial charge in [0.25, 0.3) is 11.6 Å². The molecule has 2 N–H and O–H groups in total. The van der Waals surface area contributed by atoms with Gasteiger partial charge < -0.3 is 9.73 Å². The van der Waals surface area contributed by atoms with Gasteiger partial charge >= 0.3 is 0 Å².